The SMILES string of the molecule is C=C1/C=C\C(C(F)(F)c2nnn[nH]2)=C/CN(Cc2c(F)cccc2Cl)/N=C\1C. The zero-order chi connectivity index (χ0) is 20.3. The number of aromatic amines is 1. The van der Waals surface area contributed by atoms with Crippen LogP contribution in [0.3, 0.4) is 0 Å². The molecule has 2 aromatic rings. The lowest BCUT2D eigenvalue weighted by Gasteiger charge is -2.21. The number of nitrogens with one attached hydrogen (secondary N) is 1. The van der Waals surface area contributed by atoms with E-state index < -0.39 is 17.6 Å². The third-order valence-corrected chi connectivity index (χ3v) is 4.50. The molecule has 28 heavy (non-hydrogen) atoms. The minimum Gasteiger partial charge on any atom is -0.288 e. The molecule has 0 saturated carbocycles. The van der Waals surface area contributed by atoms with Gasteiger partial charge in [-0.15, -0.1) is 5.10 Å². The highest BCUT2D eigenvalue weighted by molar-refractivity contribution is 6.31. The first kappa shape index (κ1) is 19.8. The summed E-state index contributed by atoms with van der Waals surface area (Å²) in [7, 11) is 0. The summed E-state index contributed by atoms with van der Waals surface area (Å²) in [6.07, 6.45) is 3.95. The van der Waals surface area contributed by atoms with Crippen LogP contribution >= 0.6 is 11.6 Å². The summed E-state index contributed by atoms with van der Waals surface area (Å²) in [5, 5.41) is 17.8. The molecule has 1 N–H and O–H groups in total. The first-order valence-electron chi connectivity index (χ1n) is 8.22. The van der Waals surface area contributed by atoms with Crippen LogP contribution < -0.4 is 0 Å². The van der Waals surface area contributed by atoms with Gasteiger partial charge in [-0.25, -0.2) is 9.49 Å². The Labute approximate surface area is 164 Å². The molecule has 0 aliphatic carbocycles. The number of hydrogen-bond donors (Lipinski definition) is 1. The quantitative estimate of drug-likeness (QED) is 0.829. The standard InChI is InChI=1S/C18H16ClF3N6/c1-11-6-7-13(18(21,22)17-23-26-27-24-17)8-9-28(25-12(11)2)10-14-15(19)4-3-5-16(14)20/h3-8H,1,9-10H2,2H3,(H,23,24,26,27)/b7-6-,13-8+,25-12-. The van der Waals surface area contributed by atoms with Gasteiger partial charge in [-0.3, -0.25) is 5.01 Å². The van der Waals surface area contributed by atoms with Crippen molar-refractivity contribution in [3.8, 4) is 0 Å². The van der Waals surface area contributed by atoms with E-state index in [-0.39, 0.29) is 29.2 Å². The molecule has 6 nitrogen and oxygen atoms in total. The summed E-state index contributed by atoms with van der Waals surface area (Å²) in [6, 6.07) is 4.32. The number of nitrogens with zero attached hydrogens (tertiary/aromatic N) is 5. The number of H-pyrrole nitrogens is 1. The van der Waals surface area contributed by atoms with E-state index in [1.165, 1.54) is 35.4 Å². The van der Waals surface area contributed by atoms with Crippen LogP contribution in [0.4, 0.5) is 13.2 Å². The number of hydrogen-bond acceptors (Lipinski definition) is 5. The van der Waals surface area contributed by atoms with Crippen LogP contribution in [-0.4, -0.2) is 37.9 Å². The average Bonchev–Trinajstić information content (AvgIpc) is 3.20. The average molecular weight is 409 g/mol. The highest BCUT2D eigenvalue weighted by Gasteiger charge is 2.39. The number of hydrazone groups is 1. The predicted octanol–water partition coefficient (Wildman–Crippen LogP) is 4.01. The van der Waals surface area contributed by atoms with Crippen LogP contribution in [0.25, 0.3) is 0 Å². The fourth-order valence-corrected chi connectivity index (χ4v) is 2.75. The van der Waals surface area contributed by atoms with Crippen molar-refractivity contribution in [2.24, 2.45) is 5.10 Å². The summed E-state index contributed by atoms with van der Waals surface area (Å²) in [6.45, 7) is 5.49. The lowest BCUT2D eigenvalue weighted by molar-refractivity contribution is 0.0314. The van der Waals surface area contributed by atoms with Crippen molar-refractivity contribution in [2.75, 3.05) is 6.54 Å². The topological polar surface area (TPSA) is 70.1 Å². The fraction of sp³-hybridized carbons (Fsp3) is 0.222. The van der Waals surface area contributed by atoms with E-state index in [1.54, 1.807) is 13.0 Å². The van der Waals surface area contributed by atoms with Gasteiger partial charge in [0.05, 0.1) is 18.8 Å². The Kier molecular flexibility index (Phi) is 5.64. The van der Waals surface area contributed by atoms with E-state index in [0.717, 1.165) is 0 Å². The summed E-state index contributed by atoms with van der Waals surface area (Å²) >= 11 is 6.08. The Morgan fingerprint density at radius 3 is 2.79 bits per heavy atom. The van der Waals surface area contributed by atoms with Gasteiger partial charge in [0.1, 0.15) is 5.82 Å². The molecule has 0 amide bonds. The second kappa shape index (κ2) is 7.97. The Balaban J connectivity index is 1.96. The molecule has 1 aromatic carbocycles. The van der Waals surface area contributed by atoms with Crippen LogP contribution in [0.15, 0.2) is 59.3 Å². The highest BCUT2D eigenvalue weighted by atomic mass is 35.5. The summed E-state index contributed by atoms with van der Waals surface area (Å²) in [5.41, 5.74) is 0.813. The molecule has 0 spiro atoms. The smallest absolute Gasteiger partial charge is 0.288 e. The maximum atomic E-state index is 14.8. The summed E-state index contributed by atoms with van der Waals surface area (Å²) in [4.78, 5) is 0. The molecule has 0 bridgehead atoms. The maximum absolute atomic E-state index is 14.8. The molecule has 1 aliphatic heterocycles. The highest BCUT2D eigenvalue weighted by Crippen LogP contribution is 2.34. The zero-order valence-electron chi connectivity index (χ0n) is 14.8. The largest absolute Gasteiger partial charge is 0.332 e. The number of alkyl halides is 2. The van der Waals surface area contributed by atoms with Gasteiger partial charge in [-0.1, -0.05) is 42.5 Å². The van der Waals surface area contributed by atoms with Crippen molar-refractivity contribution < 1.29 is 13.2 Å². The Bertz CT molecular complexity index is 945. The molecule has 1 aromatic heterocycles. The van der Waals surface area contributed by atoms with Crippen molar-refractivity contribution in [1.29, 1.82) is 0 Å². The van der Waals surface area contributed by atoms with Gasteiger partial charge in [0.2, 0.25) is 5.82 Å². The van der Waals surface area contributed by atoms with E-state index >= 15 is 0 Å². The third kappa shape index (κ3) is 4.14. The first-order chi connectivity index (χ1) is 13.3. The first-order valence-corrected chi connectivity index (χ1v) is 8.60. The second-order valence-corrected chi connectivity index (χ2v) is 6.48. The number of allylic oxidation sites excluding steroid dienone is 4. The van der Waals surface area contributed by atoms with Crippen molar-refractivity contribution in [3.63, 3.8) is 0 Å². The monoisotopic (exact) mass is 408 g/mol. The number of aromatic nitrogens is 4. The van der Waals surface area contributed by atoms with Gasteiger partial charge in [0, 0.05) is 16.2 Å². The third-order valence-electron chi connectivity index (χ3n) is 4.15. The lowest BCUT2D eigenvalue weighted by Crippen LogP contribution is -2.22. The molecule has 1 aliphatic rings. The van der Waals surface area contributed by atoms with Gasteiger partial charge in [0.15, 0.2) is 0 Å². The minimum atomic E-state index is -3.46. The normalized spacial score (nSPS) is 20.5. The molecule has 0 atom stereocenters. The summed E-state index contributed by atoms with van der Waals surface area (Å²) in [5.74, 6) is -4.64. The lowest BCUT2D eigenvalue weighted by atomic mass is 10.1. The van der Waals surface area contributed by atoms with Crippen molar-refractivity contribution in [3.05, 3.63) is 76.4 Å². The zero-order valence-corrected chi connectivity index (χ0v) is 15.6. The molecule has 2 heterocycles. The molecule has 0 fully saturated rings. The van der Waals surface area contributed by atoms with Crippen LogP contribution in [0.5, 0.6) is 0 Å². The fourth-order valence-electron chi connectivity index (χ4n) is 2.53. The number of tetrazole rings is 1. The molecule has 0 radical (unpaired) electrons. The van der Waals surface area contributed by atoms with Crippen LogP contribution in [0, 0.1) is 5.82 Å². The van der Waals surface area contributed by atoms with Crippen molar-refractivity contribution in [2.45, 2.75) is 19.4 Å². The molecular weight excluding hydrogens is 393 g/mol. The number of halogens is 4. The van der Waals surface area contributed by atoms with Gasteiger partial charge < -0.3 is 0 Å². The molecule has 146 valence electrons. The maximum Gasteiger partial charge on any atom is 0.332 e. The minimum absolute atomic E-state index is 0.00462. The van der Waals surface area contributed by atoms with Gasteiger partial charge in [0.25, 0.3) is 0 Å². The molecule has 3 rings (SSSR count). The van der Waals surface area contributed by atoms with E-state index in [2.05, 4.69) is 32.3 Å². The van der Waals surface area contributed by atoms with Gasteiger partial charge >= 0.3 is 5.92 Å². The van der Waals surface area contributed by atoms with E-state index in [0.29, 0.717) is 11.3 Å². The Morgan fingerprint density at radius 2 is 2.11 bits per heavy atom. The second-order valence-electron chi connectivity index (χ2n) is 6.08. The Morgan fingerprint density at radius 1 is 1.32 bits per heavy atom. The van der Waals surface area contributed by atoms with Gasteiger partial charge in [-0.05, 0) is 35.1 Å². The number of rotatable bonds is 4. The van der Waals surface area contributed by atoms with Crippen molar-refractivity contribution in [1.82, 2.24) is 25.6 Å². The van der Waals surface area contributed by atoms with Crippen LogP contribution in [0.2, 0.25) is 5.02 Å². The van der Waals surface area contributed by atoms with Crippen LogP contribution in [0.1, 0.15) is 18.3 Å². The molecular formula is C18H16ClF3N6. The Hall–Kier alpha value is -2.94. The van der Waals surface area contributed by atoms with E-state index in [9.17, 15) is 13.2 Å². The van der Waals surface area contributed by atoms with E-state index in [1.807, 2.05) is 0 Å². The van der Waals surface area contributed by atoms with E-state index in [4.69, 9.17) is 11.6 Å². The number of benzene rings is 1. The molecule has 0 saturated heterocycles. The molecule has 10 heteroatoms. The molecule has 0 unspecified atom stereocenters. The van der Waals surface area contributed by atoms with Crippen LogP contribution in [-0.2, 0) is 12.5 Å². The van der Waals surface area contributed by atoms with Gasteiger partial charge in [-0.2, -0.15) is 13.9 Å². The predicted molar refractivity (Wildman–Crippen MR) is 99.4 cm³/mol. The van der Waals surface area contributed by atoms with Crippen molar-refractivity contribution >= 4 is 17.3 Å². The summed E-state index contributed by atoms with van der Waals surface area (Å²) < 4.78 is 43.7.